The van der Waals surface area contributed by atoms with Gasteiger partial charge in [-0.1, -0.05) is 19.8 Å². The van der Waals surface area contributed by atoms with Gasteiger partial charge in [-0.3, -0.25) is 4.79 Å². The van der Waals surface area contributed by atoms with Crippen molar-refractivity contribution in [2.75, 3.05) is 12.5 Å². The molecule has 19 heavy (non-hydrogen) atoms. The topological polar surface area (TPSA) is 84.1 Å². The van der Waals surface area contributed by atoms with E-state index < -0.39 is 0 Å². The second kappa shape index (κ2) is 5.97. The van der Waals surface area contributed by atoms with Gasteiger partial charge in [-0.25, -0.2) is 5.84 Å². The maximum atomic E-state index is 12.3. The lowest BCUT2D eigenvalue weighted by Crippen LogP contribution is -2.40. The van der Waals surface area contributed by atoms with Crippen molar-refractivity contribution in [3.05, 3.63) is 17.8 Å². The standard InChI is InChI=1S/C13H21N5O/c1-9-4-3-5-10(8-9)18(2)13(19)11-6-7-12(15-14)17-16-11/h6-7,9-10H,3-5,8,14H2,1-2H3,(H,15,17). The van der Waals surface area contributed by atoms with E-state index in [-0.39, 0.29) is 5.91 Å². The third-order valence-corrected chi connectivity index (χ3v) is 3.81. The van der Waals surface area contributed by atoms with Crippen LogP contribution in [0.2, 0.25) is 0 Å². The van der Waals surface area contributed by atoms with Crippen molar-refractivity contribution in [2.45, 2.75) is 38.6 Å². The summed E-state index contributed by atoms with van der Waals surface area (Å²) < 4.78 is 0. The van der Waals surface area contributed by atoms with E-state index in [4.69, 9.17) is 5.84 Å². The van der Waals surface area contributed by atoms with Crippen LogP contribution in [0.25, 0.3) is 0 Å². The lowest BCUT2D eigenvalue weighted by atomic mass is 9.86. The summed E-state index contributed by atoms with van der Waals surface area (Å²) in [6.07, 6.45) is 4.58. The monoisotopic (exact) mass is 263 g/mol. The second-order valence-corrected chi connectivity index (χ2v) is 5.29. The maximum absolute atomic E-state index is 12.3. The van der Waals surface area contributed by atoms with E-state index in [1.54, 1.807) is 17.0 Å². The molecule has 1 heterocycles. The van der Waals surface area contributed by atoms with Crippen molar-refractivity contribution in [2.24, 2.45) is 11.8 Å². The van der Waals surface area contributed by atoms with Crippen LogP contribution in [-0.2, 0) is 0 Å². The van der Waals surface area contributed by atoms with Gasteiger partial charge in [-0.15, -0.1) is 10.2 Å². The fraction of sp³-hybridized carbons (Fsp3) is 0.615. The van der Waals surface area contributed by atoms with Gasteiger partial charge in [0, 0.05) is 13.1 Å². The Bertz CT molecular complexity index is 433. The molecule has 2 atom stereocenters. The van der Waals surface area contributed by atoms with Crippen LogP contribution < -0.4 is 11.3 Å². The number of amides is 1. The summed E-state index contributed by atoms with van der Waals surface area (Å²) in [7, 11) is 1.85. The van der Waals surface area contributed by atoms with Gasteiger partial charge in [0.2, 0.25) is 0 Å². The van der Waals surface area contributed by atoms with Gasteiger partial charge in [0.05, 0.1) is 0 Å². The van der Waals surface area contributed by atoms with Crippen molar-refractivity contribution in [3.8, 4) is 0 Å². The minimum absolute atomic E-state index is 0.0739. The number of hydrazine groups is 1. The molecule has 0 aliphatic heterocycles. The van der Waals surface area contributed by atoms with E-state index in [1.165, 1.54) is 12.8 Å². The smallest absolute Gasteiger partial charge is 0.274 e. The number of carbonyl (C=O) groups excluding carboxylic acids is 1. The molecule has 6 heteroatoms. The molecule has 0 aromatic carbocycles. The first-order valence-electron chi connectivity index (χ1n) is 6.69. The summed E-state index contributed by atoms with van der Waals surface area (Å²) in [5.74, 6) is 6.28. The van der Waals surface area contributed by atoms with Crippen LogP contribution in [0, 0.1) is 5.92 Å². The summed E-state index contributed by atoms with van der Waals surface area (Å²) >= 11 is 0. The molecule has 1 fully saturated rings. The van der Waals surface area contributed by atoms with Gasteiger partial charge in [-0.2, -0.15) is 0 Å². The molecule has 1 aromatic rings. The van der Waals surface area contributed by atoms with Crippen LogP contribution in [0.1, 0.15) is 43.1 Å². The zero-order valence-electron chi connectivity index (χ0n) is 11.5. The number of hydrogen-bond acceptors (Lipinski definition) is 5. The highest BCUT2D eigenvalue weighted by Gasteiger charge is 2.26. The minimum atomic E-state index is -0.0739. The molecule has 0 bridgehead atoms. The third-order valence-electron chi connectivity index (χ3n) is 3.81. The van der Waals surface area contributed by atoms with Crippen LogP contribution in [0.3, 0.4) is 0 Å². The first-order chi connectivity index (χ1) is 9.11. The quantitative estimate of drug-likeness (QED) is 0.636. The molecular weight excluding hydrogens is 242 g/mol. The lowest BCUT2D eigenvalue weighted by Gasteiger charge is -2.33. The molecule has 2 unspecified atom stereocenters. The molecule has 1 aliphatic carbocycles. The third kappa shape index (κ3) is 3.20. The van der Waals surface area contributed by atoms with E-state index in [0.717, 1.165) is 12.8 Å². The van der Waals surface area contributed by atoms with Crippen molar-refractivity contribution in [3.63, 3.8) is 0 Å². The zero-order valence-corrected chi connectivity index (χ0v) is 11.5. The highest BCUT2D eigenvalue weighted by Crippen LogP contribution is 2.27. The average molecular weight is 263 g/mol. The first kappa shape index (κ1) is 13.7. The highest BCUT2D eigenvalue weighted by molar-refractivity contribution is 5.92. The number of nitrogen functional groups attached to an aromatic ring is 1. The molecule has 0 saturated heterocycles. The zero-order chi connectivity index (χ0) is 13.8. The summed E-state index contributed by atoms with van der Waals surface area (Å²) in [6.45, 7) is 2.24. The summed E-state index contributed by atoms with van der Waals surface area (Å²) in [4.78, 5) is 14.1. The number of nitrogens with one attached hydrogen (secondary N) is 1. The number of aromatic nitrogens is 2. The Morgan fingerprint density at radius 2 is 2.21 bits per heavy atom. The number of carbonyl (C=O) groups is 1. The van der Waals surface area contributed by atoms with E-state index >= 15 is 0 Å². The fourth-order valence-corrected chi connectivity index (χ4v) is 2.62. The Balaban J connectivity index is 2.05. The molecule has 1 aliphatic rings. The van der Waals surface area contributed by atoms with Gasteiger partial charge < -0.3 is 10.3 Å². The van der Waals surface area contributed by atoms with Gasteiger partial charge >= 0.3 is 0 Å². The molecule has 1 amide bonds. The van der Waals surface area contributed by atoms with E-state index in [0.29, 0.717) is 23.5 Å². The van der Waals surface area contributed by atoms with Gasteiger partial charge in [0.15, 0.2) is 11.5 Å². The molecule has 6 nitrogen and oxygen atoms in total. The molecule has 1 aromatic heterocycles. The van der Waals surface area contributed by atoms with Gasteiger partial charge in [0.1, 0.15) is 0 Å². The van der Waals surface area contributed by atoms with Crippen molar-refractivity contribution in [1.82, 2.24) is 15.1 Å². The number of nitrogens with zero attached hydrogens (tertiary/aromatic N) is 3. The first-order valence-corrected chi connectivity index (χ1v) is 6.69. The Morgan fingerprint density at radius 1 is 1.42 bits per heavy atom. The van der Waals surface area contributed by atoms with Crippen molar-refractivity contribution >= 4 is 11.7 Å². The predicted octanol–water partition coefficient (Wildman–Crippen LogP) is 1.41. The molecule has 1 saturated carbocycles. The molecule has 2 rings (SSSR count). The SMILES string of the molecule is CC1CCCC(N(C)C(=O)c2ccc(NN)nn2)C1. The Labute approximate surface area is 113 Å². The minimum Gasteiger partial charge on any atom is -0.337 e. The Hall–Kier alpha value is -1.69. The molecule has 0 spiro atoms. The normalized spacial score (nSPS) is 22.9. The predicted molar refractivity (Wildman–Crippen MR) is 73.4 cm³/mol. The Kier molecular flexibility index (Phi) is 4.31. The lowest BCUT2D eigenvalue weighted by molar-refractivity contribution is 0.0665. The van der Waals surface area contributed by atoms with Crippen LogP contribution in [0.4, 0.5) is 5.82 Å². The molecular formula is C13H21N5O. The highest BCUT2D eigenvalue weighted by atomic mass is 16.2. The molecule has 3 N–H and O–H groups in total. The van der Waals surface area contributed by atoms with Gasteiger partial charge in [-0.05, 0) is 30.9 Å². The van der Waals surface area contributed by atoms with Crippen LogP contribution in [-0.4, -0.2) is 34.1 Å². The number of nitrogens with two attached hydrogens (primary N) is 1. The van der Waals surface area contributed by atoms with Crippen LogP contribution in [0.15, 0.2) is 12.1 Å². The summed E-state index contributed by atoms with van der Waals surface area (Å²) in [5, 5.41) is 7.73. The van der Waals surface area contributed by atoms with Gasteiger partial charge in [0.25, 0.3) is 5.91 Å². The number of rotatable bonds is 3. The summed E-state index contributed by atoms with van der Waals surface area (Å²) in [5.41, 5.74) is 2.75. The second-order valence-electron chi connectivity index (χ2n) is 5.29. The number of hydrogen-bond donors (Lipinski definition) is 2. The number of anilines is 1. The summed E-state index contributed by atoms with van der Waals surface area (Å²) in [6, 6.07) is 3.61. The molecule has 0 radical (unpaired) electrons. The Morgan fingerprint density at radius 3 is 2.79 bits per heavy atom. The van der Waals surface area contributed by atoms with E-state index in [2.05, 4.69) is 22.5 Å². The fourth-order valence-electron chi connectivity index (χ4n) is 2.62. The maximum Gasteiger partial charge on any atom is 0.274 e. The van der Waals surface area contributed by atoms with Crippen molar-refractivity contribution in [1.29, 1.82) is 0 Å². The van der Waals surface area contributed by atoms with E-state index in [1.807, 2.05) is 7.05 Å². The van der Waals surface area contributed by atoms with Crippen LogP contribution >= 0.6 is 0 Å². The van der Waals surface area contributed by atoms with Crippen molar-refractivity contribution < 1.29 is 4.79 Å². The van der Waals surface area contributed by atoms with E-state index in [9.17, 15) is 4.79 Å². The molecule has 104 valence electrons. The van der Waals surface area contributed by atoms with Crippen LogP contribution in [0.5, 0.6) is 0 Å². The average Bonchev–Trinajstić information content (AvgIpc) is 2.46. The largest absolute Gasteiger partial charge is 0.337 e.